The molecule has 0 aliphatic carbocycles. The topological polar surface area (TPSA) is 56.6 Å². The van der Waals surface area contributed by atoms with Crippen LogP contribution < -0.4 is 0 Å². The van der Waals surface area contributed by atoms with Gasteiger partial charge in [-0.2, -0.15) is 0 Å². The lowest BCUT2D eigenvalue weighted by molar-refractivity contribution is -0.177. The summed E-state index contributed by atoms with van der Waals surface area (Å²) in [6.45, 7) is 0.687. The average molecular weight is 194 g/mol. The minimum Gasteiger partial charge on any atom is -0.364 e. The molecule has 4 heteroatoms. The third-order valence-electron chi connectivity index (χ3n) is 2.71. The Morgan fingerprint density at radius 2 is 2.36 bits per heavy atom. The Kier molecular flexibility index (Phi) is 2.26. The summed E-state index contributed by atoms with van der Waals surface area (Å²) in [6.07, 6.45) is 3.73. The number of likely N-dealkylation sites (tertiary alicyclic amines) is 1. The van der Waals surface area contributed by atoms with Crippen molar-refractivity contribution in [2.45, 2.75) is 18.2 Å². The van der Waals surface area contributed by atoms with E-state index in [0.717, 1.165) is 5.56 Å². The molecule has 1 saturated heterocycles. The third-order valence-corrected chi connectivity index (χ3v) is 2.71. The summed E-state index contributed by atoms with van der Waals surface area (Å²) < 4.78 is 0. The number of pyridine rings is 1. The first-order valence-electron chi connectivity index (χ1n) is 4.66. The monoisotopic (exact) mass is 194 g/mol. The predicted octanol–water partition coefficient (Wildman–Crippen LogP) is 0.139. The first-order chi connectivity index (χ1) is 6.61. The van der Waals surface area contributed by atoms with Crippen LogP contribution in [0.4, 0.5) is 0 Å². The highest BCUT2D eigenvalue weighted by Crippen LogP contribution is 2.36. The standard InChI is InChI=1S/C10H14N2O2/c1-12-6-4-10(13,14)9(12)8-3-2-5-11-7-8/h2-3,5,7,9,13-14H,4,6H2,1H3. The zero-order valence-corrected chi connectivity index (χ0v) is 8.09. The van der Waals surface area contributed by atoms with Crippen molar-refractivity contribution in [2.24, 2.45) is 0 Å². The van der Waals surface area contributed by atoms with Crippen molar-refractivity contribution in [1.82, 2.24) is 9.88 Å². The molecule has 1 unspecified atom stereocenters. The van der Waals surface area contributed by atoms with E-state index in [0.29, 0.717) is 13.0 Å². The molecular formula is C10H14N2O2. The summed E-state index contributed by atoms with van der Waals surface area (Å²) in [5.41, 5.74) is 0.845. The number of aliphatic hydroxyl groups is 2. The summed E-state index contributed by atoms with van der Waals surface area (Å²) in [5.74, 6) is -1.63. The van der Waals surface area contributed by atoms with Crippen molar-refractivity contribution in [3.8, 4) is 0 Å². The van der Waals surface area contributed by atoms with E-state index in [2.05, 4.69) is 4.98 Å². The van der Waals surface area contributed by atoms with E-state index in [1.807, 2.05) is 18.0 Å². The second kappa shape index (κ2) is 3.31. The first-order valence-corrected chi connectivity index (χ1v) is 4.66. The van der Waals surface area contributed by atoms with E-state index in [-0.39, 0.29) is 6.04 Å². The number of aromatic nitrogens is 1. The molecule has 1 aliphatic heterocycles. The fraction of sp³-hybridized carbons (Fsp3) is 0.500. The maximum atomic E-state index is 9.76. The molecule has 2 N–H and O–H groups in total. The van der Waals surface area contributed by atoms with Gasteiger partial charge in [0, 0.05) is 25.4 Å². The Bertz CT molecular complexity index is 313. The van der Waals surface area contributed by atoms with Crippen LogP contribution in [-0.2, 0) is 0 Å². The van der Waals surface area contributed by atoms with Gasteiger partial charge in [-0.25, -0.2) is 0 Å². The van der Waals surface area contributed by atoms with Gasteiger partial charge in [0.25, 0.3) is 0 Å². The second-order valence-electron chi connectivity index (χ2n) is 3.80. The summed E-state index contributed by atoms with van der Waals surface area (Å²) in [4.78, 5) is 5.91. The van der Waals surface area contributed by atoms with Crippen LogP contribution in [0.3, 0.4) is 0 Å². The molecule has 4 nitrogen and oxygen atoms in total. The van der Waals surface area contributed by atoms with E-state index in [1.165, 1.54) is 0 Å². The van der Waals surface area contributed by atoms with Crippen molar-refractivity contribution in [3.05, 3.63) is 30.1 Å². The van der Waals surface area contributed by atoms with Crippen LogP contribution in [-0.4, -0.2) is 39.5 Å². The van der Waals surface area contributed by atoms with Crippen LogP contribution >= 0.6 is 0 Å². The normalized spacial score (nSPS) is 26.6. The minimum atomic E-state index is -1.63. The van der Waals surface area contributed by atoms with Crippen LogP contribution in [0.25, 0.3) is 0 Å². The van der Waals surface area contributed by atoms with Gasteiger partial charge in [-0.1, -0.05) is 6.07 Å². The molecule has 1 atom stereocenters. The summed E-state index contributed by atoms with van der Waals surface area (Å²) in [6, 6.07) is 3.30. The molecule has 0 aromatic carbocycles. The fourth-order valence-electron chi connectivity index (χ4n) is 2.02. The van der Waals surface area contributed by atoms with E-state index in [9.17, 15) is 10.2 Å². The number of nitrogens with zero attached hydrogens (tertiary/aromatic N) is 2. The molecule has 0 bridgehead atoms. The summed E-state index contributed by atoms with van der Waals surface area (Å²) >= 11 is 0. The molecule has 1 aliphatic rings. The average Bonchev–Trinajstić information content (AvgIpc) is 2.42. The van der Waals surface area contributed by atoms with Crippen molar-refractivity contribution in [1.29, 1.82) is 0 Å². The van der Waals surface area contributed by atoms with E-state index in [1.54, 1.807) is 18.5 Å². The van der Waals surface area contributed by atoms with Crippen LogP contribution in [0.5, 0.6) is 0 Å². The smallest absolute Gasteiger partial charge is 0.184 e. The van der Waals surface area contributed by atoms with Gasteiger partial charge in [0.1, 0.15) is 0 Å². The van der Waals surface area contributed by atoms with Gasteiger partial charge in [-0.15, -0.1) is 0 Å². The molecule has 2 heterocycles. The third kappa shape index (κ3) is 1.52. The van der Waals surface area contributed by atoms with Crippen LogP contribution in [0.2, 0.25) is 0 Å². The molecule has 1 fully saturated rings. The highest BCUT2D eigenvalue weighted by molar-refractivity contribution is 5.18. The zero-order valence-electron chi connectivity index (χ0n) is 8.09. The maximum absolute atomic E-state index is 9.76. The van der Waals surface area contributed by atoms with Gasteiger partial charge in [0.15, 0.2) is 5.79 Å². The highest BCUT2D eigenvalue weighted by Gasteiger charge is 2.43. The Morgan fingerprint density at radius 3 is 2.86 bits per heavy atom. The van der Waals surface area contributed by atoms with Crippen molar-refractivity contribution >= 4 is 0 Å². The van der Waals surface area contributed by atoms with Crippen molar-refractivity contribution < 1.29 is 10.2 Å². The molecular weight excluding hydrogens is 180 g/mol. The Labute approximate surface area is 82.8 Å². The van der Waals surface area contributed by atoms with Crippen LogP contribution in [0, 0.1) is 0 Å². The Morgan fingerprint density at radius 1 is 1.57 bits per heavy atom. The largest absolute Gasteiger partial charge is 0.364 e. The van der Waals surface area contributed by atoms with E-state index in [4.69, 9.17) is 0 Å². The van der Waals surface area contributed by atoms with Crippen LogP contribution in [0.1, 0.15) is 18.0 Å². The molecule has 1 aromatic rings. The lowest BCUT2D eigenvalue weighted by atomic mass is 10.0. The predicted molar refractivity (Wildman–Crippen MR) is 51.4 cm³/mol. The maximum Gasteiger partial charge on any atom is 0.184 e. The molecule has 76 valence electrons. The fourth-order valence-corrected chi connectivity index (χ4v) is 2.02. The minimum absolute atomic E-state index is 0.365. The summed E-state index contributed by atoms with van der Waals surface area (Å²) in [7, 11) is 1.88. The molecule has 0 radical (unpaired) electrons. The SMILES string of the molecule is CN1CCC(O)(O)C1c1cccnc1. The Hall–Kier alpha value is -0.970. The van der Waals surface area contributed by atoms with Gasteiger partial charge < -0.3 is 10.2 Å². The zero-order chi connectivity index (χ0) is 10.2. The van der Waals surface area contributed by atoms with Gasteiger partial charge in [0.2, 0.25) is 0 Å². The van der Waals surface area contributed by atoms with Crippen molar-refractivity contribution in [2.75, 3.05) is 13.6 Å². The first kappa shape index (κ1) is 9.58. The van der Waals surface area contributed by atoms with E-state index >= 15 is 0 Å². The van der Waals surface area contributed by atoms with Crippen LogP contribution in [0.15, 0.2) is 24.5 Å². The molecule has 0 amide bonds. The molecule has 0 saturated carbocycles. The molecule has 0 spiro atoms. The quantitative estimate of drug-likeness (QED) is 0.624. The van der Waals surface area contributed by atoms with Crippen molar-refractivity contribution in [3.63, 3.8) is 0 Å². The molecule has 1 aromatic heterocycles. The van der Waals surface area contributed by atoms with Gasteiger partial charge >= 0.3 is 0 Å². The van der Waals surface area contributed by atoms with Gasteiger partial charge in [-0.3, -0.25) is 9.88 Å². The summed E-state index contributed by atoms with van der Waals surface area (Å²) in [5, 5.41) is 19.5. The number of hydrogen-bond acceptors (Lipinski definition) is 4. The number of hydrogen-bond donors (Lipinski definition) is 2. The molecule has 2 rings (SSSR count). The number of rotatable bonds is 1. The lowest BCUT2D eigenvalue weighted by Gasteiger charge is -2.27. The lowest BCUT2D eigenvalue weighted by Crippen LogP contribution is -2.35. The number of likely N-dealkylation sites (N-methyl/N-ethyl adjacent to an activating group) is 1. The highest BCUT2D eigenvalue weighted by atomic mass is 16.5. The molecule has 14 heavy (non-hydrogen) atoms. The Balaban J connectivity index is 2.33. The van der Waals surface area contributed by atoms with E-state index < -0.39 is 5.79 Å². The van der Waals surface area contributed by atoms with Gasteiger partial charge in [-0.05, 0) is 18.7 Å². The second-order valence-corrected chi connectivity index (χ2v) is 3.80. The van der Waals surface area contributed by atoms with Gasteiger partial charge in [0.05, 0.1) is 6.04 Å².